The predicted molar refractivity (Wildman–Crippen MR) is 70.4 cm³/mol. The number of Topliss-reactive ketones (excluding diaryl/α,β-unsaturated/α-hetero) is 1. The Morgan fingerprint density at radius 3 is 2.79 bits per heavy atom. The highest BCUT2D eigenvalue weighted by Gasteiger charge is 2.38. The summed E-state index contributed by atoms with van der Waals surface area (Å²) in [7, 11) is 0. The summed E-state index contributed by atoms with van der Waals surface area (Å²) in [5, 5.41) is 2.64. The van der Waals surface area contributed by atoms with Crippen LogP contribution in [0.4, 0.5) is 0 Å². The summed E-state index contributed by atoms with van der Waals surface area (Å²) in [6, 6.07) is 4.91. The number of ketones is 1. The molecule has 19 heavy (non-hydrogen) atoms. The van der Waals surface area contributed by atoms with Crippen LogP contribution in [-0.2, 0) is 16.1 Å². The van der Waals surface area contributed by atoms with Crippen LogP contribution < -0.4 is 5.32 Å². The number of carbonyl (C=O) groups excluding carboxylic acids is 3. The fourth-order valence-electron chi connectivity index (χ4n) is 2.51. The number of hydrogen-bond donors (Lipinski definition) is 1. The van der Waals surface area contributed by atoms with Gasteiger partial charge in [0.1, 0.15) is 6.04 Å². The van der Waals surface area contributed by atoms with E-state index in [2.05, 4.69) is 21.2 Å². The molecule has 1 atom stereocenters. The van der Waals surface area contributed by atoms with Gasteiger partial charge < -0.3 is 10.2 Å². The molecule has 6 heteroatoms. The molecule has 1 fully saturated rings. The van der Waals surface area contributed by atoms with Crippen LogP contribution in [0.15, 0.2) is 22.7 Å². The molecule has 1 unspecified atom stereocenters. The average molecular weight is 323 g/mol. The number of fused-ring (bicyclic) bond motifs is 1. The molecule has 1 aromatic carbocycles. The van der Waals surface area contributed by atoms with Crippen molar-refractivity contribution in [2.24, 2.45) is 0 Å². The lowest BCUT2D eigenvalue weighted by molar-refractivity contribution is -0.134. The van der Waals surface area contributed by atoms with Crippen LogP contribution in [0.25, 0.3) is 0 Å². The number of halogens is 1. The van der Waals surface area contributed by atoms with Crippen molar-refractivity contribution >= 4 is 33.5 Å². The van der Waals surface area contributed by atoms with Crippen LogP contribution in [0.1, 0.15) is 22.3 Å². The molecular formula is C13H11BrN2O3. The van der Waals surface area contributed by atoms with E-state index in [-0.39, 0.29) is 30.6 Å². The van der Waals surface area contributed by atoms with Crippen molar-refractivity contribution in [2.45, 2.75) is 19.0 Å². The number of carbonyl (C=O) groups is 3. The first-order valence-electron chi connectivity index (χ1n) is 5.95. The van der Waals surface area contributed by atoms with Gasteiger partial charge in [-0.2, -0.15) is 0 Å². The minimum atomic E-state index is -0.545. The van der Waals surface area contributed by atoms with E-state index in [0.717, 1.165) is 10.0 Å². The maximum atomic E-state index is 12.3. The smallest absolute Gasteiger partial charge is 0.255 e. The van der Waals surface area contributed by atoms with E-state index in [0.29, 0.717) is 12.1 Å². The van der Waals surface area contributed by atoms with Crippen molar-refractivity contribution < 1.29 is 14.4 Å². The third-order valence-electron chi connectivity index (χ3n) is 3.47. The third kappa shape index (κ3) is 2.06. The third-order valence-corrected chi connectivity index (χ3v) is 3.97. The summed E-state index contributed by atoms with van der Waals surface area (Å²) in [6.45, 7) is 0.623. The highest BCUT2D eigenvalue weighted by atomic mass is 79.9. The van der Waals surface area contributed by atoms with Gasteiger partial charge in [0.2, 0.25) is 5.91 Å². The van der Waals surface area contributed by atoms with Gasteiger partial charge in [0.25, 0.3) is 5.91 Å². The Morgan fingerprint density at radius 2 is 2.05 bits per heavy atom. The largest absolute Gasteiger partial charge is 0.353 e. The van der Waals surface area contributed by atoms with Crippen LogP contribution in [0.5, 0.6) is 0 Å². The molecule has 0 aliphatic carbocycles. The SMILES string of the molecule is O=C1CC(=O)C(N2Cc3cc(Br)ccc3C2=O)CN1. The highest BCUT2D eigenvalue weighted by molar-refractivity contribution is 9.10. The van der Waals surface area contributed by atoms with E-state index < -0.39 is 6.04 Å². The Labute approximate surface area is 118 Å². The van der Waals surface area contributed by atoms with Gasteiger partial charge in [0, 0.05) is 23.1 Å². The van der Waals surface area contributed by atoms with Crippen molar-refractivity contribution in [3.63, 3.8) is 0 Å². The van der Waals surface area contributed by atoms with Gasteiger partial charge in [0.15, 0.2) is 5.78 Å². The Balaban J connectivity index is 1.87. The quantitative estimate of drug-likeness (QED) is 0.780. The fraction of sp³-hybridized carbons (Fsp3) is 0.308. The van der Waals surface area contributed by atoms with E-state index in [1.807, 2.05) is 12.1 Å². The molecule has 2 amide bonds. The van der Waals surface area contributed by atoms with Gasteiger partial charge in [-0.25, -0.2) is 0 Å². The summed E-state index contributed by atoms with van der Waals surface area (Å²) in [6.07, 6.45) is -0.144. The molecule has 0 saturated carbocycles. The van der Waals surface area contributed by atoms with Gasteiger partial charge in [-0.15, -0.1) is 0 Å². The summed E-state index contributed by atoms with van der Waals surface area (Å²) >= 11 is 3.37. The molecule has 2 aliphatic rings. The van der Waals surface area contributed by atoms with Crippen LogP contribution in [0.2, 0.25) is 0 Å². The second-order valence-corrected chi connectivity index (χ2v) is 5.61. The molecule has 1 N–H and O–H groups in total. The maximum absolute atomic E-state index is 12.3. The molecule has 0 radical (unpaired) electrons. The molecule has 98 valence electrons. The first-order chi connectivity index (χ1) is 9.06. The number of amides is 2. The van der Waals surface area contributed by atoms with Crippen LogP contribution in [0, 0.1) is 0 Å². The van der Waals surface area contributed by atoms with Crippen LogP contribution in [-0.4, -0.2) is 35.1 Å². The molecule has 0 bridgehead atoms. The number of piperidine rings is 1. The van der Waals surface area contributed by atoms with Gasteiger partial charge in [0.05, 0.1) is 6.42 Å². The van der Waals surface area contributed by atoms with E-state index in [9.17, 15) is 14.4 Å². The standard InChI is InChI=1S/C13H11BrN2O3/c14-8-1-2-9-7(3-8)6-16(13(9)19)10-5-15-12(18)4-11(10)17/h1-3,10H,4-6H2,(H,15,18). The molecule has 0 spiro atoms. The van der Waals surface area contributed by atoms with E-state index >= 15 is 0 Å². The molecule has 2 aliphatic heterocycles. The second kappa shape index (κ2) is 4.45. The lowest BCUT2D eigenvalue weighted by atomic mass is 10.0. The van der Waals surface area contributed by atoms with E-state index in [1.165, 1.54) is 0 Å². The topological polar surface area (TPSA) is 66.5 Å². The molecule has 5 nitrogen and oxygen atoms in total. The minimum absolute atomic E-state index is 0.142. The lowest BCUT2D eigenvalue weighted by Gasteiger charge is -2.29. The molecule has 1 aromatic rings. The molecule has 3 rings (SSSR count). The van der Waals surface area contributed by atoms with E-state index in [1.54, 1.807) is 11.0 Å². The lowest BCUT2D eigenvalue weighted by Crippen LogP contribution is -2.53. The van der Waals surface area contributed by atoms with Crippen molar-refractivity contribution in [1.29, 1.82) is 0 Å². The van der Waals surface area contributed by atoms with Crippen LogP contribution in [0.3, 0.4) is 0 Å². The Kier molecular flexibility index (Phi) is 2.89. The first-order valence-corrected chi connectivity index (χ1v) is 6.74. The Hall–Kier alpha value is -1.69. The van der Waals surface area contributed by atoms with Gasteiger partial charge in [-0.05, 0) is 23.8 Å². The Bertz CT molecular complexity index is 600. The zero-order valence-electron chi connectivity index (χ0n) is 9.98. The number of nitrogens with one attached hydrogen (secondary N) is 1. The predicted octanol–water partition coefficient (Wildman–Crippen LogP) is 0.862. The number of benzene rings is 1. The summed E-state index contributed by atoms with van der Waals surface area (Å²) in [5.74, 6) is -0.603. The van der Waals surface area contributed by atoms with Gasteiger partial charge in [-0.1, -0.05) is 15.9 Å². The summed E-state index contributed by atoms with van der Waals surface area (Å²) < 4.78 is 0.907. The average Bonchev–Trinajstić information content (AvgIpc) is 2.66. The second-order valence-electron chi connectivity index (χ2n) is 4.70. The number of rotatable bonds is 1. The van der Waals surface area contributed by atoms with Crippen LogP contribution >= 0.6 is 15.9 Å². The number of nitrogens with zero attached hydrogens (tertiary/aromatic N) is 1. The number of hydrogen-bond acceptors (Lipinski definition) is 3. The normalized spacial score (nSPS) is 22.5. The summed E-state index contributed by atoms with van der Waals surface area (Å²) in [5.41, 5.74) is 1.54. The van der Waals surface area contributed by atoms with Crippen molar-refractivity contribution in [1.82, 2.24) is 10.2 Å². The minimum Gasteiger partial charge on any atom is -0.353 e. The van der Waals surface area contributed by atoms with Gasteiger partial charge in [-0.3, -0.25) is 14.4 Å². The monoisotopic (exact) mass is 322 g/mol. The molecule has 0 aromatic heterocycles. The van der Waals surface area contributed by atoms with Gasteiger partial charge >= 0.3 is 0 Å². The first kappa shape index (κ1) is 12.3. The summed E-state index contributed by atoms with van der Waals surface area (Å²) in [4.78, 5) is 36.8. The molecular weight excluding hydrogens is 312 g/mol. The zero-order chi connectivity index (χ0) is 13.6. The van der Waals surface area contributed by atoms with Crippen molar-refractivity contribution in [3.05, 3.63) is 33.8 Å². The van der Waals surface area contributed by atoms with Crippen molar-refractivity contribution in [2.75, 3.05) is 6.54 Å². The molecule has 2 heterocycles. The van der Waals surface area contributed by atoms with E-state index in [4.69, 9.17) is 0 Å². The maximum Gasteiger partial charge on any atom is 0.255 e. The highest BCUT2D eigenvalue weighted by Crippen LogP contribution is 2.28. The molecule has 1 saturated heterocycles. The Morgan fingerprint density at radius 1 is 1.26 bits per heavy atom. The van der Waals surface area contributed by atoms with Crippen molar-refractivity contribution in [3.8, 4) is 0 Å². The zero-order valence-corrected chi connectivity index (χ0v) is 11.6. The fourth-order valence-corrected chi connectivity index (χ4v) is 2.92.